The molecule has 0 aromatic carbocycles. The van der Waals surface area contributed by atoms with Gasteiger partial charge in [0.25, 0.3) is 0 Å². The molecule has 0 fully saturated rings. The van der Waals surface area contributed by atoms with Crippen molar-refractivity contribution in [3.63, 3.8) is 0 Å². The summed E-state index contributed by atoms with van der Waals surface area (Å²) in [6.45, 7) is 5.80. The van der Waals surface area contributed by atoms with Gasteiger partial charge in [0, 0.05) is 36.5 Å². The van der Waals surface area contributed by atoms with E-state index in [4.69, 9.17) is 10.2 Å². The number of aliphatic hydroxyl groups is 2. The summed E-state index contributed by atoms with van der Waals surface area (Å²) < 4.78 is 4.40. The fraction of sp³-hybridized carbons (Fsp3) is 0.938. The van der Waals surface area contributed by atoms with Crippen LogP contribution in [-0.4, -0.2) is 65.1 Å². The Balaban J connectivity index is -0.000000394. The van der Waals surface area contributed by atoms with Gasteiger partial charge >= 0.3 is 5.97 Å². The standard InChI is InChI=1S/C12H26O2.C4H8O2.Na/c1-2-3-4-5-6-7-8-9-10-12(14)11-13;1-3-6-4(2)5;/h12-14H,2-11H2,1H3;3H2,1-2H3;. The van der Waals surface area contributed by atoms with Crippen molar-refractivity contribution in [3.05, 3.63) is 0 Å². The second kappa shape index (κ2) is 22.7. The maximum atomic E-state index is 9.82. The molecule has 0 aromatic heterocycles. The Morgan fingerprint density at radius 3 is 1.81 bits per heavy atom. The van der Waals surface area contributed by atoms with Gasteiger partial charge in [0.1, 0.15) is 0 Å². The monoisotopic (exact) mass is 313 g/mol. The first-order valence-electron chi connectivity index (χ1n) is 8.00. The molecule has 0 aliphatic rings. The Kier molecular flexibility index (Phi) is 28.4. The number of rotatable bonds is 11. The SMILES string of the molecule is CCCCCCCCCCC(O)CO.CCOC(C)=O.[Na]. The second-order valence-corrected chi connectivity index (χ2v) is 5.02. The van der Waals surface area contributed by atoms with Gasteiger partial charge in [-0.15, -0.1) is 0 Å². The average molecular weight is 313 g/mol. The predicted octanol–water partition coefficient (Wildman–Crippen LogP) is 3.06. The minimum atomic E-state index is -0.491. The van der Waals surface area contributed by atoms with Crippen molar-refractivity contribution < 1.29 is 19.7 Å². The number of unbranched alkanes of at least 4 members (excludes halogenated alkanes) is 7. The molecule has 5 heteroatoms. The van der Waals surface area contributed by atoms with E-state index in [9.17, 15) is 4.79 Å². The van der Waals surface area contributed by atoms with Crippen LogP contribution in [0.4, 0.5) is 0 Å². The van der Waals surface area contributed by atoms with Crippen molar-refractivity contribution in [2.24, 2.45) is 0 Å². The Morgan fingerprint density at radius 2 is 1.48 bits per heavy atom. The summed E-state index contributed by atoms with van der Waals surface area (Å²) in [5.74, 6) is -0.211. The molecule has 21 heavy (non-hydrogen) atoms. The second-order valence-electron chi connectivity index (χ2n) is 5.02. The summed E-state index contributed by atoms with van der Waals surface area (Å²) in [7, 11) is 0. The van der Waals surface area contributed by atoms with Gasteiger partial charge in [-0.2, -0.15) is 0 Å². The van der Waals surface area contributed by atoms with Gasteiger partial charge in [0.15, 0.2) is 0 Å². The minimum absolute atomic E-state index is 0. The van der Waals surface area contributed by atoms with Crippen molar-refractivity contribution in [1.29, 1.82) is 0 Å². The third-order valence-corrected chi connectivity index (χ3v) is 2.95. The largest absolute Gasteiger partial charge is 0.466 e. The molecular weight excluding hydrogens is 279 g/mol. The van der Waals surface area contributed by atoms with Gasteiger partial charge in [-0.05, 0) is 13.3 Å². The van der Waals surface area contributed by atoms with Crippen LogP contribution >= 0.6 is 0 Å². The maximum Gasteiger partial charge on any atom is 0.302 e. The molecule has 2 N–H and O–H groups in total. The van der Waals surface area contributed by atoms with Crippen LogP contribution in [0.3, 0.4) is 0 Å². The first-order valence-corrected chi connectivity index (χ1v) is 8.00. The van der Waals surface area contributed by atoms with Gasteiger partial charge < -0.3 is 14.9 Å². The van der Waals surface area contributed by atoms with Crippen LogP contribution in [0.2, 0.25) is 0 Å². The summed E-state index contributed by atoms with van der Waals surface area (Å²) >= 11 is 0. The quantitative estimate of drug-likeness (QED) is 0.349. The van der Waals surface area contributed by atoms with E-state index < -0.39 is 6.10 Å². The summed E-state index contributed by atoms with van der Waals surface area (Å²) in [5, 5.41) is 17.7. The zero-order chi connectivity index (χ0) is 15.6. The van der Waals surface area contributed by atoms with Gasteiger partial charge in [0.2, 0.25) is 0 Å². The molecule has 1 atom stereocenters. The van der Waals surface area contributed by atoms with E-state index in [1.807, 2.05) is 0 Å². The van der Waals surface area contributed by atoms with E-state index >= 15 is 0 Å². The summed E-state index contributed by atoms with van der Waals surface area (Å²) in [6, 6.07) is 0. The summed E-state index contributed by atoms with van der Waals surface area (Å²) in [6.07, 6.45) is 10.5. The number of aliphatic hydroxyl groups excluding tert-OH is 2. The molecule has 0 saturated heterocycles. The molecule has 0 spiro atoms. The van der Waals surface area contributed by atoms with E-state index in [2.05, 4.69) is 11.7 Å². The Morgan fingerprint density at radius 1 is 1.00 bits per heavy atom. The molecule has 0 heterocycles. The van der Waals surface area contributed by atoms with Crippen LogP contribution in [0.5, 0.6) is 0 Å². The molecule has 123 valence electrons. The smallest absolute Gasteiger partial charge is 0.302 e. The number of esters is 1. The number of hydrogen-bond donors (Lipinski definition) is 2. The van der Waals surface area contributed by atoms with E-state index in [1.165, 1.54) is 51.9 Å². The van der Waals surface area contributed by atoms with Crippen molar-refractivity contribution in [2.45, 2.75) is 84.7 Å². The van der Waals surface area contributed by atoms with E-state index in [0.29, 0.717) is 6.61 Å². The molecule has 4 nitrogen and oxygen atoms in total. The van der Waals surface area contributed by atoms with Crippen molar-refractivity contribution >= 4 is 35.5 Å². The average Bonchev–Trinajstić information content (AvgIpc) is 2.42. The van der Waals surface area contributed by atoms with Crippen LogP contribution in [0, 0.1) is 0 Å². The fourth-order valence-corrected chi connectivity index (χ4v) is 1.81. The van der Waals surface area contributed by atoms with Crippen LogP contribution in [0.1, 0.15) is 78.6 Å². The first kappa shape index (κ1) is 26.3. The molecule has 0 bridgehead atoms. The first-order chi connectivity index (χ1) is 9.58. The van der Waals surface area contributed by atoms with Crippen molar-refractivity contribution in [1.82, 2.24) is 0 Å². The van der Waals surface area contributed by atoms with E-state index in [-0.39, 0.29) is 42.1 Å². The molecule has 0 saturated carbocycles. The fourth-order valence-electron chi connectivity index (χ4n) is 1.81. The molecule has 0 aliphatic heterocycles. The van der Waals surface area contributed by atoms with Crippen molar-refractivity contribution in [3.8, 4) is 0 Å². The maximum absolute atomic E-state index is 9.82. The summed E-state index contributed by atoms with van der Waals surface area (Å²) in [5.41, 5.74) is 0. The number of ether oxygens (including phenoxy) is 1. The molecule has 0 aromatic rings. The number of carbonyl (C=O) groups excluding carboxylic acids is 1. The van der Waals surface area contributed by atoms with Gasteiger partial charge in [-0.1, -0.05) is 58.3 Å². The normalized spacial score (nSPS) is 10.9. The number of hydrogen-bond acceptors (Lipinski definition) is 4. The predicted molar refractivity (Wildman–Crippen MR) is 88.4 cm³/mol. The molecule has 1 radical (unpaired) electrons. The Bertz CT molecular complexity index is 201. The van der Waals surface area contributed by atoms with Crippen LogP contribution in [-0.2, 0) is 9.53 Å². The molecular formula is C16H34NaO4. The van der Waals surface area contributed by atoms with Crippen LogP contribution in [0.15, 0.2) is 0 Å². The Hall–Kier alpha value is 0.390. The van der Waals surface area contributed by atoms with Gasteiger partial charge in [0.05, 0.1) is 19.3 Å². The van der Waals surface area contributed by atoms with Gasteiger partial charge in [-0.25, -0.2) is 0 Å². The molecule has 0 aliphatic carbocycles. The van der Waals surface area contributed by atoms with Crippen molar-refractivity contribution in [2.75, 3.05) is 13.2 Å². The van der Waals surface area contributed by atoms with Crippen LogP contribution < -0.4 is 0 Å². The van der Waals surface area contributed by atoms with E-state index in [1.54, 1.807) is 6.92 Å². The summed E-state index contributed by atoms with van der Waals surface area (Å²) in [4.78, 5) is 9.82. The molecule has 1 unspecified atom stereocenters. The van der Waals surface area contributed by atoms with E-state index in [0.717, 1.165) is 12.8 Å². The van der Waals surface area contributed by atoms with Crippen LogP contribution in [0.25, 0.3) is 0 Å². The topological polar surface area (TPSA) is 66.8 Å². The van der Waals surface area contributed by atoms with Gasteiger partial charge in [-0.3, -0.25) is 4.79 Å². The molecule has 0 rings (SSSR count). The zero-order valence-electron chi connectivity index (χ0n) is 14.6. The third-order valence-electron chi connectivity index (χ3n) is 2.95. The minimum Gasteiger partial charge on any atom is -0.466 e. The zero-order valence-corrected chi connectivity index (χ0v) is 16.6. The third kappa shape index (κ3) is 29.1. The number of carbonyl (C=O) groups is 1. The molecule has 0 amide bonds. The Labute approximate surface area is 152 Å².